The first-order valence-corrected chi connectivity index (χ1v) is 30.4. The van der Waals surface area contributed by atoms with Gasteiger partial charge in [0.2, 0.25) is 0 Å². The molecule has 6 aliphatic rings. The maximum absolute atomic E-state index is 12.2. The number of unbranched alkanes of at least 4 members (excludes halogenated alkanes) is 7. The number of carbonyl (C=O) groups excluding carboxylic acids is 1. The zero-order valence-electron chi connectivity index (χ0n) is 49.5. The number of fused-ring (bicyclic) bond motifs is 2. The standard InChI is InChI=1S/C60H88N6O19/c1-7-11-15-16-17-24-32-73-57-44(64-66-62)50(48-41(79-57)34-75-55(81-48)38-25-20-18-21-26-38)83-60-54(85-59-53(72-31-14-10-4)51(71-30-13-9-3)47(36(5)77-59)70-29-12-8-2)52(49-42(80-60)35-76-56(82-49)39-27-22-19-23-28-39)84-58-43(63-65-61)46(69)45(68)40(78-58)33-74-37(6)67/h7,18-23,25-28,36,40-60,68-69H,1,8-17,24,29-35H2,2-6H3/t36?,40?,41?,42?,43?,44-,45-,46+,47+,48+,49-,50?,51?,52?,53-,54-,55?,56?,57+,58+,59-,60-/m0/s1. The van der Waals surface area contributed by atoms with E-state index in [9.17, 15) is 26.1 Å². The molecule has 0 saturated carbocycles. The topological polar surface area (TPSA) is 303 Å². The average Bonchev–Trinajstić information content (AvgIpc) is 1.90. The number of ether oxygens (including phenoxy) is 16. The smallest absolute Gasteiger partial charge is 0.302 e. The van der Waals surface area contributed by atoms with Gasteiger partial charge in [0.25, 0.3) is 0 Å². The maximum atomic E-state index is 12.2. The van der Waals surface area contributed by atoms with Crippen molar-refractivity contribution in [2.24, 2.45) is 10.2 Å². The van der Waals surface area contributed by atoms with Crippen LogP contribution in [0.4, 0.5) is 0 Å². The molecule has 0 bridgehead atoms. The van der Waals surface area contributed by atoms with Gasteiger partial charge in [-0.05, 0) is 56.5 Å². The van der Waals surface area contributed by atoms with Gasteiger partial charge in [-0.1, -0.05) is 130 Å². The van der Waals surface area contributed by atoms with E-state index in [1.807, 2.05) is 73.7 Å². The Morgan fingerprint density at radius 1 is 0.588 bits per heavy atom. The van der Waals surface area contributed by atoms with Crippen LogP contribution in [0.15, 0.2) is 83.5 Å². The van der Waals surface area contributed by atoms with Gasteiger partial charge in [0.1, 0.15) is 91.9 Å². The molecule has 6 aliphatic heterocycles. The number of carbonyl (C=O) groups is 1. The molecule has 6 saturated heterocycles. The maximum Gasteiger partial charge on any atom is 0.302 e. The molecule has 22 atom stereocenters. The van der Waals surface area contributed by atoms with Crippen molar-refractivity contribution in [3.63, 3.8) is 0 Å². The third-order valence-electron chi connectivity index (χ3n) is 15.8. The largest absolute Gasteiger partial charge is 0.463 e. The summed E-state index contributed by atoms with van der Waals surface area (Å²) in [6.45, 7) is 13.9. The molecule has 85 heavy (non-hydrogen) atoms. The molecule has 0 aromatic heterocycles. The molecular formula is C60H88N6O19. The van der Waals surface area contributed by atoms with Crippen LogP contribution in [0.5, 0.6) is 0 Å². The summed E-state index contributed by atoms with van der Waals surface area (Å²) < 4.78 is 107. The van der Waals surface area contributed by atoms with Gasteiger partial charge in [-0.25, -0.2) is 0 Å². The van der Waals surface area contributed by atoms with Crippen molar-refractivity contribution in [1.29, 1.82) is 0 Å². The van der Waals surface area contributed by atoms with E-state index >= 15 is 0 Å². The molecule has 6 fully saturated rings. The van der Waals surface area contributed by atoms with Crippen molar-refractivity contribution < 1.29 is 90.8 Å². The van der Waals surface area contributed by atoms with Gasteiger partial charge in [0.05, 0.1) is 25.4 Å². The van der Waals surface area contributed by atoms with Crippen LogP contribution >= 0.6 is 0 Å². The molecule has 2 aromatic carbocycles. The zero-order valence-corrected chi connectivity index (χ0v) is 49.5. The van der Waals surface area contributed by atoms with Crippen LogP contribution in [0.3, 0.4) is 0 Å². The number of rotatable bonds is 32. The summed E-state index contributed by atoms with van der Waals surface area (Å²) in [6.07, 6.45) is -12.6. The first-order chi connectivity index (χ1) is 41.5. The van der Waals surface area contributed by atoms with Crippen molar-refractivity contribution in [3.05, 3.63) is 105 Å². The second-order valence-corrected chi connectivity index (χ2v) is 22.1. The second-order valence-electron chi connectivity index (χ2n) is 22.1. The molecule has 25 heteroatoms. The van der Waals surface area contributed by atoms with Crippen LogP contribution in [0.25, 0.3) is 20.9 Å². The van der Waals surface area contributed by atoms with E-state index in [-0.39, 0.29) is 19.8 Å². The van der Waals surface area contributed by atoms with E-state index in [0.29, 0.717) is 43.8 Å². The van der Waals surface area contributed by atoms with Crippen LogP contribution in [-0.4, -0.2) is 185 Å². The van der Waals surface area contributed by atoms with Gasteiger partial charge in [0.15, 0.2) is 37.7 Å². The third kappa shape index (κ3) is 17.7. The van der Waals surface area contributed by atoms with Crippen LogP contribution in [-0.2, 0) is 80.6 Å². The Balaban J connectivity index is 1.26. The van der Waals surface area contributed by atoms with E-state index in [0.717, 1.165) is 57.8 Å². The number of aliphatic hydroxyl groups excluding tert-OH is 2. The number of nitrogens with zero attached hydrogens (tertiary/aromatic N) is 6. The van der Waals surface area contributed by atoms with Crippen molar-refractivity contribution >= 4 is 5.97 Å². The van der Waals surface area contributed by atoms with E-state index in [2.05, 4.69) is 47.4 Å². The van der Waals surface area contributed by atoms with Crippen LogP contribution < -0.4 is 0 Å². The SMILES string of the molecule is C=CCCCCCCO[C@@H]1OC2COC(c3ccccc3)O[C@H]2C(O[C@@H]2OC3COC(c4ccccc4)O[C@@H]3C(O[C@H]3OC(COC(C)=O)[C@H](O)[C@H](O)C3N=[N+]=[N-])[C@@H]2O[C@@H]2OC(C)[C@@H](OCCCC)C(OCCCC)[C@@H]2OCCCC)[C@@H]1N=[N+]=[N-]. The molecule has 10 unspecified atom stereocenters. The van der Waals surface area contributed by atoms with Crippen molar-refractivity contribution in [2.45, 2.75) is 241 Å². The fourth-order valence-electron chi connectivity index (χ4n) is 11.3. The Labute approximate surface area is 497 Å². The molecule has 25 nitrogen and oxygen atoms in total. The molecule has 0 aliphatic carbocycles. The van der Waals surface area contributed by atoms with Gasteiger partial charge < -0.3 is 86.0 Å². The normalized spacial score (nSPS) is 36.4. The lowest BCUT2D eigenvalue weighted by Gasteiger charge is -2.54. The molecule has 472 valence electrons. The molecule has 2 N–H and O–H groups in total. The Kier molecular flexibility index (Phi) is 26.9. The van der Waals surface area contributed by atoms with E-state index in [1.165, 1.54) is 6.92 Å². The lowest BCUT2D eigenvalue weighted by Crippen LogP contribution is -2.70. The number of aliphatic hydroxyl groups is 2. The highest BCUT2D eigenvalue weighted by molar-refractivity contribution is 5.65. The molecular weight excluding hydrogens is 1110 g/mol. The van der Waals surface area contributed by atoms with E-state index in [1.54, 1.807) is 0 Å². The number of hydrogen-bond acceptors (Lipinski definition) is 21. The quantitative estimate of drug-likeness (QED) is 0.0173. The fraction of sp³-hybridized carbons (Fsp3) is 0.750. The fourth-order valence-corrected chi connectivity index (χ4v) is 11.3. The summed E-state index contributed by atoms with van der Waals surface area (Å²) in [7, 11) is 0. The molecule has 0 radical (unpaired) electrons. The summed E-state index contributed by atoms with van der Waals surface area (Å²) in [5.41, 5.74) is 21.8. The van der Waals surface area contributed by atoms with E-state index in [4.69, 9.17) is 75.8 Å². The number of esters is 1. The van der Waals surface area contributed by atoms with E-state index < -0.39 is 148 Å². The minimum atomic E-state index is -1.80. The zero-order chi connectivity index (χ0) is 60.1. The molecule has 0 spiro atoms. The van der Waals surface area contributed by atoms with Gasteiger partial charge in [-0.2, -0.15) is 0 Å². The number of benzene rings is 2. The summed E-state index contributed by atoms with van der Waals surface area (Å²) in [5, 5.41) is 31.3. The summed E-state index contributed by atoms with van der Waals surface area (Å²) in [5.74, 6) is -0.680. The van der Waals surface area contributed by atoms with Gasteiger partial charge >= 0.3 is 5.97 Å². The predicted molar refractivity (Wildman–Crippen MR) is 303 cm³/mol. The Hall–Kier alpha value is -4.41. The summed E-state index contributed by atoms with van der Waals surface area (Å²) in [6, 6.07) is 15.7. The highest BCUT2D eigenvalue weighted by Gasteiger charge is 2.60. The molecule has 0 amide bonds. The second kappa shape index (κ2) is 34.4. The minimum absolute atomic E-state index is 0.0208. The van der Waals surface area contributed by atoms with Crippen molar-refractivity contribution in [1.82, 2.24) is 0 Å². The Bertz CT molecular complexity index is 2400. The van der Waals surface area contributed by atoms with Crippen molar-refractivity contribution in [3.8, 4) is 0 Å². The molecule has 2 aromatic rings. The monoisotopic (exact) mass is 1200 g/mol. The average molecular weight is 1200 g/mol. The Morgan fingerprint density at radius 2 is 1.11 bits per heavy atom. The summed E-state index contributed by atoms with van der Waals surface area (Å²) >= 11 is 0. The molecule has 8 rings (SSSR count). The Morgan fingerprint density at radius 3 is 1.69 bits per heavy atom. The van der Waals surface area contributed by atoms with Gasteiger partial charge in [0, 0.05) is 54.3 Å². The van der Waals surface area contributed by atoms with Gasteiger partial charge in [-0.3, -0.25) is 4.79 Å². The summed E-state index contributed by atoms with van der Waals surface area (Å²) in [4.78, 5) is 18.5. The van der Waals surface area contributed by atoms with Crippen LogP contribution in [0, 0.1) is 0 Å². The highest BCUT2D eigenvalue weighted by atomic mass is 16.8. The van der Waals surface area contributed by atoms with Gasteiger partial charge in [-0.15, -0.1) is 6.58 Å². The lowest BCUT2D eigenvalue weighted by atomic mass is 9.93. The predicted octanol–water partition coefficient (Wildman–Crippen LogP) is 8.64. The lowest BCUT2D eigenvalue weighted by molar-refractivity contribution is -0.425. The van der Waals surface area contributed by atoms with Crippen molar-refractivity contribution in [2.75, 3.05) is 46.2 Å². The molecule has 6 heterocycles. The van der Waals surface area contributed by atoms with Crippen LogP contribution in [0.1, 0.15) is 129 Å². The minimum Gasteiger partial charge on any atom is -0.463 e. The number of allylic oxidation sites excluding steroid dienone is 1. The highest BCUT2D eigenvalue weighted by Crippen LogP contribution is 2.44. The third-order valence-corrected chi connectivity index (χ3v) is 15.8. The number of hydrogen-bond donors (Lipinski definition) is 2. The first-order valence-electron chi connectivity index (χ1n) is 30.4. The first kappa shape index (κ1) is 66.5. The number of azide groups is 2. The van der Waals surface area contributed by atoms with Crippen LogP contribution in [0.2, 0.25) is 0 Å².